The van der Waals surface area contributed by atoms with Crippen molar-refractivity contribution >= 4 is 46.9 Å². The maximum Gasteiger partial charge on any atom is 0.407 e. The molecule has 1 saturated heterocycles. The highest BCUT2D eigenvalue weighted by Gasteiger charge is 2.46. The minimum atomic E-state index is -1.36. The van der Waals surface area contributed by atoms with Gasteiger partial charge >= 0.3 is 12.1 Å². The van der Waals surface area contributed by atoms with Gasteiger partial charge in [0.15, 0.2) is 5.82 Å². The van der Waals surface area contributed by atoms with E-state index < -0.39 is 34.4 Å². The monoisotopic (exact) mass is 398 g/mol. The Hall–Kier alpha value is -1.31. The Balaban J connectivity index is 2.38. The molecule has 2 atom stereocenters. The van der Waals surface area contributed by atoms with Gasteiger partial charge in [-0.1, -0.05) is 34.8 Å². The maximum absolute atomic E-state index is 14.3. The molecule has 10 heteroatoms. The number of rotatable bonds is 3. The smallest absolute Gasteiger partial charge is 0.407 e. The molecule has 0 spiro atoms. The summed E-state index contributed by atoms with van der Waals surface area (Å²) in [6, 6.07) is -0.534. The fourth-order valence-electron chi connectivity index (χ4n) is 3.02. The van der Waals surface area contributed by atoms with Gasteiger partial charge in [-0.15, -0.1) is 0 Å². The van der Waals surface area contributed by atoms with Crippen molar-refractivity contribution in [3.8, 4) is 0 Å². The Labute approximate surface area is 152 Å². The second-order valence-corrected chi connectivity index (χ2v) is 6.95. The van der Waals surface area contributed by atoms with Gasteiger partial charge in [0.25, 0.3) is 0 Å². The second kappa shape index (κ2) is 6.90. The number of halogens is 4. The van der Waals surface area contributed by atoms with E-state index in [1.807, 2.05) is 0 Å². The number of carboxylic acid groups (broad SMARTS) is 2. The highest BCUT2D eigenvalue weighted by atomic mass is 35.5. The molecule has 1 fully saturated rings. The van der Waals surface area contributed by atoms with Crippen LogP contribution in [-0.4, -0.2) is 44.7 Å². The predicted octanol–water partition coefficient (Wildman–Crippen LogP) is 3.96. The largest absolute Gasteiger partial charge is 0.481 e. The molecule has 6 nitrogen and oxygen atoms in total. The first-order valence-corrected chi connectivity index (χ1v) is 8.14. The number of aliphatic carboxylic acids is 1. The van der Waals surface area contributed by atoms with E-state index in [1.165, 1.54) is 0 Å². The second-order valence-electron chi connectivity index (χ2n) is 5.83. The molecule has 2 N–H and O–H groups in total. The van der Waals surface area contributed by atoms with Gasteiger partial charge in [-0.3, -0.25) is 4.79 Å². The highest BCUT2D eigenvalue weighted by molar-refractivity contribution is 6.47. The van der Waals surface area contributed by atoms with Crippen LogP contribution in [0.3, 0.4) is 0 Å². The molecule has 0 aromatic carbocycles. The minimum absolute atomic E-state index is 0.0214. The van der Waals surface area contributed by atoms with Crippen molar-refractivity contribution in [1.29, 1.82) is 0 Å². The number of nitrogens with zero attached hydrogens (tertiary/aromatic N) is 2. The fraction of sp³-hybridized carbons (Fsp3) is 0.500. The first-order chi connectivity index (χ1) is 11.1. The molecule has 1 aromatic rings. The Morgan fingerprint density at radius 2 is 1.96 bits per heavy atom. The van der Waals surface area contributed by atoms with E-state index >= 15 is 0 Å². The van der Waals surface area contributed by atoms with Gasteiger partial charge in [-0.05, 0) is 19.8 Å². The van der Waals surface area contributed by atoms with E-state index in [4.69, 9.17) is 39.9 Å². The molecule has 1 amide bonds. The van der Waals surface area contributed by atoms with Gasteiger partial charge in [0, 0.05) is 19.0 Å². The molecule has 2 rings (SSSR count). The average Bonchev–Trinajstić information content (AvgIpc) is 2.50. The summed E-state index contributed by atoms with van der Waals surface area (Å²) >= 11 is 17.3. The normalized spacial score (nSPS) is 24.0. The summed E-state index contributed by atoms with van der Waals surface area (Å²) in [5.41, 5.74) is -1.56. The summed E-state index contributed by atoms with van der Waals surface area (Å²) in [5.74, 6) is -2.07. The van der Waals surface area contributed by atoms with E-state index in [2.05, 4.69) is 4.98 Å². The van der Waals surface area contributed by atoms with Crippen LogP contribution in [0.5, 0.6) is 0 Å². The molecule has 0 saturated carbocycles. The molecule has 24 heavy (non-hydrogen) atoms. The minimum Gasteiger partial charge on any atom is -0.481 e. The average molecular weight is 400 g/mol. The molecular weight excluding hydrogens is 386 g/mol. The van der Waals surface area contributed by atoms with Gasteiger partial charge in [-0.25, -0.2) is 14.2 Å². The van der Waals surface area contributed by atoms with Crippen molar-refractivity contribution in [2.75, 3.05) is 6.54 Å². The summed E-state index contributed by atoms with van der Waals surface area (Å²) in [6.07, 6.45) is -1.34. The number of amides is 1. The van der Waals surface area contributed by atoms with Crippen molar-refractivity contribution in [3.05, 3.63) is 26.7 Å². The Morgan fingerprint density at radius 1 is 1.33 bits per heavy atom. The molecule has 0 bridgehead atoms. The van der Waals surface area contributed by atoms with Crippen LogP contribution in [0.4, 0.5) is 9.18 Å². The lowest BCUT2D eigenvalue weighted by Crippen LogP contribution is -2.51. The zero-order valence-electron chi connectivity index (χ0n) is 12.5. The third kappa shape index (κ3) is 3.38. The Kier molecular flexibility index (Phi) is 5.47. The van der Waals surface area contributed by atoms with Crippen molar-refractivity contribution in [1.82, 2.24) is 9.88 Å². The molecule has 2 heterocycles. The molecular formula is C14H14Cl3FN2O4. The van der Waals surface area contributed by atoms with Gasteiger partial charge in [0.05, 0.1) is 21.2 Å². The SMILES string of the molecule is CC1CC(Cc2nc(Cl)c(Cl)c(Cl)c2F)(C(=O)O)CCN1C(=O)O. The molecule has 1 aliphatic heterocycles. The lowest BCUT2D eigenvalue weighted by Gasteiger charge is -2.41. The van der Waals surface area contributed by atoms with Crippen LogP contribution < -0.4 is 0 Å². The predicted molar refractivity (Wildman–Crippen MR) is 86.4 cm³/mol. The summed E-state index contributed by atoms with van der Waals surface area (Å²) in [7, 11) is 0. The van der Waals surface area contributed by atoms with Gasteiger partial charge in [0.1, 0.15) is 5.15 Å². The summed E-state index contributed by atoms with van der Waals surface area (Å²) in [6.45, 7) is 1.63. The number of piperidine rings is 1. The first-order valence-electron chi connectivity index (χ1n) is 7.01. The molecule has 0 radical (unpaired) electrons. The fourth-order valence-corrected chi connectivity index (χ4v) is 3.58. The Bertz CT molecular complexity index is 703. The molecule has 132 valence electrons. The van der Waals surface area contributed by atoms with Crippen molar-refractivity contribution < 1.29 is 24.2 Å². The number of aromatic nitrogens is 1. The zero-order valence-corrected chi connectivity index (χ0v) is 14.8. The van der Waals surface area contributed by atoms with Crippen LogP contribution in [0.15, 0.2) is 0 Å². The molecule has 1 aliphatic rings. The summed E-state index contributed by atoms with van der Waals surface area (Å²) in [5, 5.41) is 17.9. The third-order valence-corrected chi connectivity index (χ3v) is 5.50. The highest BCUT2D eigenvalue weighted by Crippen LogP contribution is 2.40. The van der Waals surface area contributed by atoms with Crippen LogP contribution in [-0.2, 0) is 11.2 Å². The first kappa shape index (κ1) is 19.0. The van der Waals surface area contributed by atoms with Crippen LogP contribution in [0.25, 0.3) is 0 Å². The zero-order chi connectivity index (χ0) is 18.2. The van der Waals surface area contributed by atoms with E-state index in [1.54, 1.807) is 6.92 Å². The standard InChI is InChI=1S/C14H14Cl3FN2O4/c1-6-4-14(12(21)22,2-3-20(6)13(23)24)5-7-10(18)8(15)9(16)11(17)19-7/h6H,2-5H2,1H3,(H,21,22)(H,23,24). The van der Waals surface area contributed by atoms with Gasteiger partial charge in [-0.2, -0.15) is 0 Å². The lowest BCUT2D eigenvalue weighted by atomic mass is 9.72. The van der Waals surface area contributed by atoms with Gasteiger partial charge < -0.3 is 15.1 Å². The van der Waals surface area contributed by atoms with Crippen molar-refractivity contribution in [3.63, 3.8) is 0 Å². The lowest BCUT2D eigenvalue weighted by molar-refractivity contribution is -0.153. The number of likely N-dealkylation sites (tertiary alicyclic amines) is 1. The van der Waals surface area contributed by atoms with E-state index in [0.29, 0.717) is 0 Å². The van der Waals surface area contributed by atoms with Crippen LogP contribution in [0.1, 0.15) is 25.5 Å². The summed E-state index contributed by atoms with van der Waals surface area (Å²) in [4.78, 5) is 28.0. The Morgan fingerprint density at radius 3 is 2.46 bits per heavy atom. The van der Waals surface area contributed by atoms with Crippen LogP contribution in [0.2, 0.25) is 15.2 Å². The van der Waals surface area contributed by atoms with E-state index in [-0.39, 0.29) is 41.7 Å². The summed E-state index contributed by atoms with van der Waals surface area (Å²) < 4.78 is 14.3. The number of hydrogen-bond donors (Lipinski definition) is 2. The van der Waals surface area contributed by atoms with Crippen LogP contribution in [0, 0.1) is 11.2 Å². The topological polar surface area (TPSA) is 90.7 Å². The number of carbonyl (C=O) groups is 2. The van der Waals surface area contributed by atoms with Gasteiger partial charge in [0.2, 0.25) is 0 Å². The molecule has 1 aromatic heterocycles. The van der Waals surface area contributed by atoms with E-state index in [9.17, 15) is 19.1 Å². The number of carboxylic acids is 1. The van der Waals surface area contributed by atoms with Crippen molar-refractivity contribution in [2.24, 2.45) is 5.41 Å². The van der Waals surface area contributed by atoms with Crippen molar-refractivity contribution in [2.45, 2.75) is 32.2 Å². The molecule has 2 unspecified atom stereocenters. The third-order valence-electron chi connectivity index (χ3n) is 4.31. The maximum atomic E-state index is 14.3. The quantitative estimate of drug-likeness (QED) is 0.751. The number of pyridine rings is 1. The number of hydrogen-bond acceptors (Lipinski definition) is 3. The van der Waals surface area contributed by atoms with E-state index in [0.717, 1.165) is 4.90 Å². The van der Waals surface area contributed by atoms with Crippen LogP contribution >= 0.6 is 34.8 Å². The molecule has 0 aliphatic carbocycles.